The average Bonchev–Trinajstić information content (AvgIpc) is 3.06. The molecule has 28 heavy (non-hydrogen) atoms. The summed E-state index contributed by atoms with van der Waals surface area (Å²) in [5.74, 6) is -1.29. The number of nitrogens with zero attached hydrogens (tertiary/aromatic N) is 1. The quantitative estimate of drug-likeness (QED) is 0.461. The molecule has 0 bridgehead atoms. The summed E-state index contributed by atoms with van der Waals surface area (Å²) < 4.78 is 5.14. The molecule has 1 aliphatic heterocycles. The molecule has 7 heteroatoms. The zero-order chi connectivity index (χ0) is 20.7. The number of carbonyl (C=O) groups is 3. The van der Waals surface area contributed by atoms with Crippen molar-refractivity contribution < 1.29 is 24.2 Å². The van der Waals surface area contributed by atoms with Gasteiger partial charge in [0.25, 0.3) is 0 Å². The summed E-state index contributed by atoms with van der Waals surface area (Å²) in [5.41, 5.74) is 0. The Balaban J connectivity index is 2.10. The van der Waals surface area contributed by atoms with Crippen LogP contribution in [0.3, 0.4) is 0 Å². The zero-order valence-corrected chi connectivity index (χ0v) is 17.2. The summed E-state index contributed by atoms with van der Waals surface area (Å²) in [4.78, 5) is 38.8. The van der Waals surface area contributed by atoms with Crippen LogP contribution in [0.2, 0.25) is 0 Å². The molecular formula is C21H34N2O5. The van der Waals surface area contributed by atoms with Gasteiger partial charge in [0.1, 0.15) is 12.1 Å². The van der Waals surface area contributed by atoms with Gasteiger partial charge in [-0.2, -0.15) is 0 Å². The summed E-state index contributed by atoms with van der Waals surface area (Å²) in [6, 6.07) is -2.02. The van der Waals surface area contributed by atoms with E-state index in [0.717, 1.165) is 25.7 Å². The lowest BCUT2D eigenvalue weighted by Crippen LogP contribution is -2.55. The van der Waals surface area contributed by atoms with E-state index in [0.29, 0.717) is 19.3 Å². The minimum Gasteiger partial charge on any atom is -0.480 e. The van der Waals surface area contributed by atoms with Gasteiger partial charge < -0.3 is 14.7 Å². The topological polar surface area (TPSA) is 95.9 Å². The summed E-state index contributed by atoms with van der Waals surface area (Å²) in [6.07, 6.45) is 9.59. The lowest BCUT2D eigenvalue weighted by molar-refractivity contribution is -0.152. The Morgan fingerprint density at radius 3 is 2.64 bits per heavy atom. The van der Waals surface area contributed by atoms with E-state index in [9.17, 15) is 19.5 Å². The smallest absolute Gasteiger partial charge is 0.326 e. The molecule has 2 unspecified atom stereocenters. The molecule has 1 saturated heterocycles. The first-order valence-corrected chi connectivity index (χ1v) is 10.5. The molecule has 2 N–H and O–H groups in total. The molecule has 158 valence electrons. The molecule has 1 heterocycles. The Morgan fingerprint density at radius 2 is 2.00 bits per heavy atom. The molecule has 7 nitrogen and oxygen atoms in total. The molecule has 0 radical (unpaired) electrons. The predicted octanol–water partition coefficient (Wildman–Crippen LogP) is 2.50. The first-order valence-electron chi connectivity index (χ1n) is 10.5. The molecule has 2 aliphatic rings. The number of carboxylic acids is 1. The van der Waals surface area contributed by atoms with E-state index >= 15 is 0 Å². The maximum atomic E-state index is 13.2. The van der Waals surface area contributed by atoms with Crippen LogP contribution in [0.4, 0.5) is 0 Å². The van der Waals surface area contributed by atoms with E-state index in [2.05, 4.69) is 5.32 Å². The van der Waals surface area contributed by atoms with Gasteiger partial charge in [0.15, 0.2) is 0 Å². The highest BCUT2D eigenvalue weighted by molar-refractivity contribution is 5.88. The van der Waals surface area contributed by atoms with Crippen LogP contribution in [0.5, 0.6) is 0 Å². The Kier molecular flexibility index (Phi) is 8.48. The average molecular weight is 395 g/mol. The van der Waals surface area contributed by atoms with Crippen LogP contribution < -0.4 is 5.32 Å². The highest BCUT2D eigenvalue weighted by Crippen LogP contribution is 2.40. The monoisotopic (exact) mass is 394 g/mol. The molecular weight excluding hydrogens is 360 g/mol. The Hall–Kier alpha value is -1.89. The van der Waals surface area contributed by atoms with Crippen molar-refractivity contribution in [3.05, 3.63) is 12.2 Å². The van der Waals surface area contributed by atoms with Crippen LogP contribution >= 0.6 is 0 Å². The molecule has 0 aromatic heterocycles. The lowest BCUT2D eigenvalue weighted by Gasteiger charge is -2.35. The molecule has 2 fully saturated rings. The SMILES string of the molecule is C/C=C/CC[C@@H](N[C@H](C)C(=O)N1C2CCCCC2C[C@H]1C(=O)O)C(=O)OCC. The van der Waals surface area contributed by atoms with E-state index in [1.807, 2.05) is 19.1 Å². The standard InChI is InChI=1S/C21H34N2O5/c1-4-6-7-11-16(21(27)28-5-2)22-14(3)19(24)23-17-12-9-8-10-15(17)13-18(23)20(25)26/h4,6,14-18,22H,5,7-13H2,1-3H3,(H,25,26)/b6-4+/t14-,15?,16-,17?,18+/m1/s1. The number of nitrogens with one attached hydrogen (secondary N) is 1. The van der Waals surface area contributed by atoms with Crippen molar-refractivity contribution in [1.29, 1.82) is 0 Å². The summed E-state index contributed by atoms with van der Waals surface area (Å²) in [7, 11) is 0. The number of fused-ring (bicyclic) bond motifs is 1. The van der Waals surface area contributed by atoms with Gasteiger partial charge in [-0.3, -0.25) is 14.9 Å². The van der Waals surface area contributed by atoms with E-state index in [-0.39, 0.29) is 30.4 Å². The van der Waals surface area contributed by atoms with Gasteiger partial charge in [-0.25, -0.2) is 4.79 Å². The van der Waals surface area contributed by atoms with Crippen LogP contribution in [-0.2, 0) is 19.1 Å². The number of aliphatic carboxylic acids is 1. The lowest BCUT2D eigenvalue weighted by atomic mass is 9.84. The van der Waals surface area contributed by atoms with Crippen molar-refractivity contribution in [2.24, 2.45) is 5.92 Å². The van der Waals surface area contributed by atoms with Gasteiger partial charge in [0.2, 0.25) is 5.91 Å². The van der Waals surface area contributed by atoms with Crippen LogP contribution in [-0.4, -0.2) is 58.6 Å². The molecule has 0 spiro atoms. The zero-order valence-electron chi connectivity index (χ0n) is 17.2. The van der Waals surface area contributed by atoms with Crippen molar-refractivity contribution in [2.45, 2.75) is 89.9 Å². The van der Waals surface area contributed by atoms with E-state index in [4.69, 9.17) is 4.74 Å². The maximum Gasteiger partial charge on any atom is 0.326 e. The first-order chi connectivity index (χ1) is 13.4. The van der Waals surface area contributed by atoms with Gasteiger partial charge in [-0.15, -0.1) is 0 Å². The summed E-state index contributed by atoms with van der Waals surface area (Å²) >= 11 is 0. The number of amides is 1. The van der Waals surface area contributed by atoms with Crippen LogP contribution in [0.25, 0.3) is 0 Å². The second-order valence-electron chi connectivity index (χ2n) is 7.79. The predicted molar refractivity (Wildman–Crippen MR) is 106 cm³/mol. The second-order valence-corrected chi connectivity index (χ2v) is 7.79. The number of ether oxygens (including phenoxy) is 1. The van der Waals surface area contributed by atoms with Gasteiger partial charge >= 0.3 is 11.9 Å². The number of carbonyl (C=O) groups excluding carboxylic acids is 2. The Labute approximate surface area is 167 Å². The number of carboxylic acid groups (broad SMARTS) is 1. The van der Waals surface area contributed by atoms with Gasteiger partial charge in [0.05, 0.1) is 12.6 Å². The van der Waals surface area contributed by atoms with E-state index in [1.54, 1.807) is 18.7 Å². The van der Waals surface area contributed by atoms with Crippen molar-refractivity contribution in [3.8, 4) is 0 Å². The van der Waals surface area contributed by atoms with Crippen LogP contribution in [0.15, 0.2) is 12.2 Å². The normalized spacial score (nSPS) is 26.7. The largest absolute Gasteiger partial charge is 0.480 e. The van der Waals surface area contributed by atoms with Crippen molar-refractivity contribution in [2.75, 3.05) is 6.61 Å². The molecule has 5 atom stereocenters. The number of rotatable bonds is 9. The molecule has 0 aromatic rings. The number of allylic oxidation sites excluding steroid dienone is 2. The molecule has 2 rings (SSSR count). The second kappa shape index (κ2) is 10.6. The van der Waals surface area contributed by atoms with Gasteiger partial charge in [-0.1, -0.05) is 25.0 Å². The number of hydrogen-bond donors (Lipinski definition) is 2. The van der Waals surface area contributed by atoms with Crippen molar-refractivity contribution in [3.63, 3.8) is 0 Å². The Bertz CT molecular complexity index is 591. The highest BCUT2D eigenvalue weighted by atomic mass is 16.5. The fourth-order valence-corrected chi connectivity index (χ4v) is 4.54. The summed E-state index contributed by atoms with van der Waals surface area (Å²) in [5, 5.41) is 12.7. The number of esters is 1. The third-order valence-corrected chi connectivity index (χ3v) is 5.88. The van der Waals surface area contributed by atoms with E-state index < -0.39 is 24.1 Å². The maximum absolute atomic E-state index is 13.2. The van der Waals surface area contributed by atoms with Gasteiger partial charge in [-0.05, 0) is 58.8 Å². The third-order valence-electron chi connectivity index (χ3n) is 5.88. The van der Waals surface area contributed by atoms with E-state index in [1.165, 1.54) is 0 Å². The minimum absolute atomic E-state index is 0.00401. The fourth-order valence-electron chi connectivity index (χ4n) is 4.54. The molecule has 1 amide bonds. The molecule has 1 aliphatic carbocycles. The third kappa shape index (κ3) is 5.34. The fraction of sp³-hybridized carbons (Fsp3) is 0.762. The van der Waals surface area contributed by atoms with Crippen LogP contribution in [0, 0.1) is 5.92 Å². The van der Waals surface area contributed by atoms with Crippen LogP contribution in [0.1, 0.15) is 65.7 Å². The van der Waals surface area contributed by atoms with Crippen molar-refractivity contribution >= 4 is 17.8 Å². The summed E-state index contributed by atoms with van der Waals surface area (Å²) in [6.45, 7) is 5.65. The highest BCUT2D eigenvalue weighted by Gasteiger charge is 2.48. The number of likely N-dealkylation sites (tertiary alicyclic amines) is 1. The Morgan fingerprint density at radius 1 is 1.29 bits per heavy atom. The first kappa shape index (κ1) is 22.4. The molecule has 0 aromatic carbocycles. The van der Waals surface area contributed by atoms with Gasteiger partial charge in [0, 0.05) is 6.04 Å². The number of hydrogen-bond acceptors (Lipinski definition) is 5. The van der Waals surface area contributed by atoms with Crippen molar-refractivity contribution in [1.82, 2.24) is 10.2 Å². The molecule has 1 saturated carbocycles. The minimum atomic E-state index is -0.940.